The van der Waals surface area contributed by atoms with Crippen LogP contribution in [0.5, 0.6) is 0 Å². The smallest absolute Gasteiger partial charge is 0.151 e. The van der Waals surface area contributed by atoms with Crippen molar-refractivity contribution in [3.8, 4) is 0 Å². The Bertz CT molecular complexity index is 280. The summed E-state index contributed by atoms with van der Waals surface area (Å²) in [6, 6.07) is 0.185. The van der Waals surface area contributed by atoms with Crippen LogP contribution in [0.3, 0.4) is 0 Å². The number of rotatable bonds is 8. The van der Waals surface area contributed by atoms with Gasteiger partial charge in [-0.25, -0.2) is 8.42 Å². The number of hydrogen-bond acceptors (Lipinski definition) is 5. The van der Waals surface area contributed by atoms with Crippen LogP contribution < -0.4 is 5.32 Å². The van der Waals surface area contributed by atoms with E-state index < -0.39 is 9.84 Å². The van der Waals surface area contributed by atoms with E-state index in [0.29, 0.717) is 11.5 Å². The summed E-state index contributed by atoms with van der Waals surface area (Å²) in [5.41, 5.74) is 0. The van der Waals surface area contributed by atoms with Gasteiger partial charge in [0, 0.05) is 32.1 Å². The second-order valence-corrected chi connectivity index (χ2v) is 7.47. The van der Waals surface area contributed by atoms with Gasteiger partial charge in [-0.1, -0.05) is 0 Å². The highest BCUT2D eigenvalue weighted by Gasteiger charge is 2.26. The van der Waals surface area contributed by atoms with E-state index in [1.807, 2.05) is 11.8 Å². The number of thioether (sulfide) groups is 1. The predicted octanol–water partition coefficient (Wildman–Crippen LogP) is 0.533. The van der Waals surface area contributed by atoms with E-state index in [1.165, 1.54) is 0 Å². The van der Waals surface area contributed by atoms with Crippen molar-refractivity contribution < 1.29 is 13.2 Å². The SMILES string of the molecule is COCCCSCCNC1CCS(=O)(=O)C1. The maximum atomic E-state index is 11.2. The minimum Gasteiger partial charge on any atom is -0.385 e. The molecule has 0 aromatic carbocycles. The molecule has 6 heteroatoms. The number of hydrogen-bond donors (Lipinski definition) is 1. The maximum absolute atomic E-state index is 11.2. The lowest BCUT2D eigenvalue weighted by molar-refractivity contribution is 0.200. The van der Waals surface area contributed by atoms with E-state index in [-0.39, 0.29) is 6.04 Å². The van der Waals surface area contributed by atoms with Crippen molar-refractivity contribution in [1.29, 1.82) is 0 Å². The summed E-state index contributed by atoms with van der Waals surface area (Å²) in [6.45, 7) is 1.72. The fourth-order valence-corrected chi connectivity index (χ4v) is 4.19. The van der Waals surface area contributed by atoms with Crippen LogP contribution in [0.15, 0.2) is 0 Å². The zero-order valence-corrected chi connectivity index (χ0v) is 11.4. The summed E-state index contributed by atoms with van der Waals surface area (Å²) < 4.78 is 27.3. The molecule has 16 heavy (non-hydrogen) atoms. The van der Waals surface area contributed by atoms with Crippen LogP contribution in [-0.4, -0.2) is 57.7 Å². The quantitative estimate of drug-likeness (QED) is 0.650. The molecule has 0 saturated carbocycles. The molecule has 1 aliphatic rings. The fourth-order valence-electron chi connectivity index (χ4n) is 1.70. The maximum Gasteiger partial charge on any atom is 0.151 e. The molecule has 1 fully saturated rings. The summed E-state index contributed by atoms with van der Waals surface area (Å²) in [6.07, 6.45) is 1.86. The Morgan fingerprint density at radius 2 is 2.25 bits per heavy atom. The average molecular weight is 267 g/mol. The van der Waals surface area contributed by atoms with Crippen molar-refractivity contribution in [3.63, 3.8) is 0 Å². The van der Waals surface area contributed by atoms with Crippen LogP contribution in [-0.2, 0) is 14.6 Å². The molecule has 0 radical (unpaired) electrons. The zero-order chi connectivity index (χ0) is 11.9. The lowest BCUT2D eigenvalue weighted by atomic mass is 10.3. The molecule has 1 saturated heterocycles. The summed E-state index contributed by atoms with van der Waals surface area (Å²) >= 11 is 1.88. The van der Waals surface area contributed by atoms with E-state index in [1.54, 1.807) is 7.11 Å². The van der Waals surface area contributed by atoms with Crippen molar-refractivity contribution in [1.82, 2.24) is 5.32 Å². The third-order valence-corrected chi connectivity index (χ3v) is 5.39. The van der Waals surface area contributed by atoms with Gasteiger partial charge in [-0.15, -0.1) is 0 Å². The second kappa shape index (κ2) is 7.53. The van der Waals surface area contributed by atoms with Crippen LogP contribution in [0.25, 0.3) is 0 Å². The van der Waals surface area contributed by atoms with Gasteiger partial charge < -0.3 is 10.1 Å². The van der Waals surface area contributed by atoms with E-state index in [0.717, 1.165) is 37.5 Å². The third-order valence-electron chi connectivity index (χ3n) is 2.55. The highest BCUT2D eigenvalue weighted by Crippen LogP contribution is 2.11. The molecule has 4 nitrogen and oxygen atoms in total. The van der Waals surface area contributed by atoms with Crippen molar-refractivity contribution in [3.05, 3.63) is 0 Å². The van der Waals surface area contributed by atoms with Crippen molar-refractivity contribution in [2.24, 2.45) is 0 Å². The first-order valence-corrected chi connectivity index (χ1v) is 8.62. The summed E-state index contributed by atoms with van der Waals surface area (Å²) in [5, 5.41) is 3.30. The Morgan fingerprint density at radius 1 is 1.44 bits per heavy atom. The molecular weight excluding hydrogens is 246 g/mol. The topological polar surface area (TPSA) is 55.4 Å². The van der Waals surface area contributed by atoms with Gasteiger partial charge in [0.1, 0.15) is 0 Å². The molecular formula is C10H21NO3S2. The molecule has 1 rings (SSSR count). The van der Waals surface area contributed by atoms with Crippen LogP contribution in [0, 0.1) is 0 Å². The van der Waals surface area contributed by atoms with Gasteiger partial charge >= 0.3 is 0 Å². The minimum atomic E-state index is -2.74. The molecule has 1 unspecified atom stereocenters. The summed E-state index contributed by atoms with van der Waals surface area (Å²) in [4.78, 5) is 0. The van der Waals surface area contributed by atoms with Gasteiger partial charge in [0.2, 0.25) is 0 Å². The molecule has 1 aliphatic heterocycles. The van der Waals surface area contributed by atoms with Crippen LogP contribution in [0.1, 0.15) is 12.8 Å². The van der Waals surface area contributed by atoms with Gasteiger partial charge in [-0.3, -0.25) is 0 Å². The number of methoxy groups -OCH3 is 1. The molecule has 0 aromatic rings. The summed E-state index contributed by atoms with van der Waals surface area (Å²) in [7, 11) is -1.02. The van der Waals surface area contributed by atoms with Gasteiger partial charge in [0.25, 0.3) is 0 Å². The Hall–Kier alpha value is 0.220. The molecule has 1 N–H and O–H groups in total. The van der Waals surface area contributed by atoms with E-state index in [9.17, 15) is 8.42 Å². The second-order valence-electron chi connectivity index (χ2n) is 4.01. The first-order valence-electron chi connectivity index (χ1n) is 5.64. The van der Waals surface area contributed by atoms with E-state index >= 15 is 0 Å². The van der Waals surface area contributed by atoms with Gasteiger partial charge in [0.15, 0.2) is 9.84 Å². The number of ether oxygens (including phenoxy) is 1. The minimum absolute atomic E-state index is 0.185. The molecule has 0 spiro atoms. The highest BCUT2D eigenvalue weighted by molar-refractivity contribution is 7.99. The molecule has 0 aliphatic carbocycles. The lowest BCUT2D eigenvalue weighted by Crippen LogP contribution is -2.31. The average Bonchev–Trinajstić information content (AvgIpc) is 2.57. The Balaban J connectivity index is 1.92. The lowest BCUT2D eigenvalue weighted by Gasteiger charge is -2.09. The number of nitrogens with one attached hydrogen (secondary N) is 1. The Labute approximate surface area is 102 Å². The largest absolute Gasteiger partial charge is 0.385 e. The Morgan fingerprint density at radius 3 is 2.88 bits per heavy atom. The molecule has 96 valence electrons. The van der Waals surface area contributed by atoms with Crippen LogP contribution in [0.2, 0.25) is 0 Å². The van der Waals surface area contributed by atoms with Gasteiger partial charge in [-0.05, 0) is 18.6 Å². The molecule has 0 aromatic heterocycles. The van der Waals surface area contributed by atoms with Crippen molar-refractivity contribution in [2.45, 2.75) is 18.9 Å². The zero-order valence-electron chi connectivity index (χ0n) is 9.78. The van der Waals surface area contributed by atoms with Gasteiger partial charge in [0.05, 0.1) is 11.5 Å². The van der Waals surface area contributed by atoms with E-state index in [4.69, 9.17) is 4.74 Å². The standard InChI is InChI=1S/C10H21NO3S2/c1-14-5-2-6-15-7-4-11-10-3-8-16(12,13)9-10/h10-11H,2-9H2,1H3. The van der Waals surface area contributed by atoms with Gasteiger partial charge in [-0.2, -0.15) is 11.8 Å². The highest BCUT2D eigenvalue weighted by atomic mass is 32.2. The van der Waals surface area contributed by atoms with E-state index in [2.05, 4.69) is 5.32 Å². The van der Waals surface area contributed by atoms with Crippen molar-refractivity contribution >= 4 is 21.6 Å². The predicted molar refractivity (Wildman–Crippen MR) is 68.9 cm³/mol. The third kappa shape index (κ3) is 6.08. The molecule has 1 atom stereocenters. The molecule has 0 bridgehead atoms. The molecule has 0 amide bonds. The van der Waals surface area contributed by atoms with Crippen LogP contribution in [0.4, 0.5) is 0 Å². The van der Waals surface area contributed by atoms with Crippen molar-refractivity contribution in [2.75, 3.05) is 43.3 Å². The summed E-state index contributed by atoms with van der Waals surface area (Å²) in [5.74, 6) is 2.83. The fraction of sp³-hybridized carbons (Fsp3) is 1.00. The first kappa shape index (κ1) is 14.3. The first-order chi connectivity index (χ1) is 7.64. The normalized spacial score (nSPS) is 23.7. The Kier molecular flexibility index (Phi) is 6.72. The monoisotopic (exact) mass is 267 g/mol. The molecule has 1 heterocycles. The number of sulfone groups is 1. The van der Waals surface area contributed by atoms with Crippen LogP contribution >= 0.6 is 11.8 Å².